The Bertz CT molecular complexity index is 782. The third-order valence-electron chi connectivity index (χ3n) is 3.44. The Labute approximate surface area is 149 Å². The Morgan fingerprint density at radius 3 is 2.75 bits per heavy atom. The maximum Gasteiger partial charge on any atom is 0.268 e. The summed E-state index contributed by atoms with van der Waals surface area (Å²) >= 11 is 7.50. The van der Waals surface area contributed by atoms with Crippen molar-refractivity contribution in [1.29, 1.82) is 0 Å². The van der Waals surface area contributed by atoms with E-state index in [1.807, 2.05) is 34.3 Å². The molecule has 3 rings (SSSR count). The van der Waals surface area contributed by atoms with Crippen LogP contribution in [0.3, 0.4) is 0 Å². The first-order valence-corrected chi connectivity index (χ1v) is 8.82. The van der Waals surface area contributed by atoms with Crippen molar-refractivity contribution in [3.63, 3.8) is 0 Å². The van der Waals surface area contributed by atoms with Gasteiger partial charge in [0.25, 0.3) is 5.91 Å². The summed E-state index contributed by atoms with van der Waals surface area (Å²) in [6, 6.07) is 14.9. The molecule has 0 aliphatic rings. The molecule has 124 valence electrons. The van der Waals surface area contributed by atoms with Gasteiger partial charge >= 0.3 is 0 Å². The average Bonchev–Trinajstić information content (AvgIpc) is 3.25. The van der Waals surface area contributed by atoms with Crippen molar-refractivity contribution in [1.82, 2.24) is 9.88 Å². The van der Waals surface area contributed by atoms with Gasteiger partial charge in [0.15, 0.2) is 0 Å². The topological polar surface area (TPSA) is 43.3 Å². The Morgan fingerprint density at radius 1 is 1.17 bits per heavy atom. The van der Waals surface area contributed by atoms with Crippen molar-refractivity contribution >= 4 is 28.8 Å². The summed E-state index contributed by atoms with van der Waals surface area (Å²) in [6.07, 6.45) is 1.92. The fourth-order valence-corrected chi connectivity index (χ4v) is 3.11. The zero-order valence-electron chi connectivity index (χ0n) is 12.9. The molecule has 1 N–H and O–H groups in total. The molecule has 0 saturated heterocycles. The van der Waals surface area contributed by atoms with Gasteiger partial charge in [-0.1, -0.05) is 17.7 Å². The minimum atomic E-state index is -0.101. The van der Waals surface area contributed by atoms with Gasteiger partial charge in [0, 0.05) is 16.1 Å². The van der Waals surface area contributed by atoms with Crippen LogP contribution in [0.2, 0.25) is 5.02 Å². The molecular weight excluding hydrogens is 344 g/mol. The number of ether oxygens (including phenoxy) is 1. The summed E-state index contributed by atoms with van der Waals surface area (Å²) < 4.78 is 7.51. The van der Waals surface area contributed by atoms with Crippen LogP contribution in [0.5, 0.6) is 5.75 Å². The molecule has 1 aromatic carbocycles. The molecule has 24 heavy (non-hydrogen) atoms. The number of halogens is 1. The molecule has 0 aliphatic carbocycles. The highest BCUT2D eigenvalue weighted by atomic mass is 35.5. The predicted molar refractivity (Wildman–Crippen MR) is 97.1 cm³/mol. The quantitative estimate of drug-likeness (QED) is 0.646. The van der Waals surface area contributed by atoms with Gasteiger partial charge in [-0.15, -0.1) is 11.3 Å². The van der Waals surface area contributed by atoms with Gasteiger partial charge in [0.05, 0.1) is 13.1 Å². The molecule has 0 radical (unpaired) electrons. The first-order valence-electron chi connectivity index (χ1n) is 7.56. The molecule has 0 saturated carbocycles. The lowest BCUT2D eigenvalue weighted by Crippen LogP contribution is -2.29. The molecule has 4 nitrogen and oxygen atoms in total. The molecule has 0 aliphatic heterocycles. The van der Waals surface area contributed by atoms with E-state index in [-0.39, 0.29) is 5.91 Å². The number of amides is 1. The highest BCUT2D eigenvalue weighted by Gasteiger charge is 2.10. The number of nitrogens with one attached hydrogen (secondary N) is 1. The predicted octanol–water partition coefficient (Wildman–Crippen LogP) is 4.06. The third-order valence-corrected chi connectivity index (χ3v) is 4.55. The molecule has 0 atom stereocenters. The number of aromatic nitrogens is 1. The number of nitrogens with zero attached hydrogens (tertiary/aromatic N) is 1. The number of carbonyl (C=O) groups is 1. The van der Waals surface area contributed by atoms with Gasteiger partial charge in [-0.2, -0.15) is 0 Å². The maximum atomic E-state index is 12.3. The molecule has 6 heteroatoms. The summed E-state index contributed by atoms with van der Waals surface area (Å²) in [6.45, 7) is 1.54. The van der Waals surface area contributed by atoms with Crippen LogP contribution in [-0.2, 0) is 6.54 Å². The van der Waals surface area contributed by atoms with E-state index in [2.05, 4.69) is 11.4 Å². The van der Waals surface area contributed by atoms with E-state index in [0.717, 1.165) is 5.75 Å². The van der Waals surface area contributed by atoms with Crippen LogP contribution < -0.4 is 10.1 Å². The number of hydrogen-bond donors (Lipinski definition) is 1. The van der Waals surface area contributed by atoms with E-state index >= 15 is 0 Å². The van der Waals surface area contributed by atoms with Crippen molar-refractivity contribution in [3.8, 4) is 5.75 Å². The molecule has 3 aromatic rings. The molecule has 0 fully saturated rings. The second kappa shape index (κ2) is 8.04. The van der Waals surface area contributed by atoms with E-state index in [0.29, 0.717) is 30.4 Å². The highest BCUT2D eigenvalue weighted by Crippen LogP contribution is 2.15. The lowest BCUT2D eigenvalue weighted by atomic mass is 10.3. The maximum absolute atomic E-state index is 12.3. The normalized spacial score (nSPS) is 10.5. The Balaban J connectivity index is 1.48. The monoisotopic (exact) mass is 360 g/mol. The van der Waals surface area contributed by atoms with Gasteiger partial charge in [0.1, 0.15) is 18.1 Å². The van der Waals surface area contributed by atoms with Crippen molar-refractivity contribution in [2.75, 3.05) is 13.2 Å². The van der Waals surface area contributed by atoms with E-state index < -0.39 is 0 Å². The average molecular weight is 361 g/mol. The molecule has 2 heterocycles. The van der Waals surface area contributed by atoms with E-state index in [9.17, 15) is 4.79 Å². The fourth-order valence-electron chi connectivity index (χ4n) is 2.28. The van der Waals surface area contributed by atoms with E-state index in [1.54, 1.807) is 35.6 Å². The molecule has 0 unspecified atom stereocenters. The summed E-state index contributed by atoms with van der Waals surface area (Å²) in [5.74, 6) is 0.631. The van der Waals surface area contributed by atoms with Crippen LogP contribution in [0.15, 0.2) is 60.1 Å². The lowest BCUT2D eigenvalue weighted by Gasteiger charge is -2.10. The van der Waals surface area contributed by atoms with Crippen LogP contribution in [-0.4, -0.2) is 23.6 Å². The first kappa shape index (κ1) is 16.6. The minimum Gasteiger partial charge on any atom is -0.492 e. The summed E-state index contributed by atoms with van der Waals surface area (Å²) in [5.41, 5.74) is 0.648. The molecule has 0 spiro atoms. The van der Waals surface area contributed by atoms with Crippen LogP contribution in [0.1, 0.15) is 15.4 Å². The van der Waals surface area contributed by atoms with Crippen LogP contribution in [0, 0.1) is 0 Å². The van der Waals surface area contributed by atoms with Crippen LogP contribution in [0.4, 0.5) is 0 Å². The van der Waals surface area contributed by atoms with Gasteiger partial charge in [-0.05, 0) is 47.8 Å². The summed E-state index contributed by atoms with van der Waals surface area (Å²) in [4.78, 5) is 13.5. The number of rotatable bonds is 7. The Kier molecular flexibility index (Phi) is 5.56. The number of carbonyl (C=O) groups excluding carboxylic acids is 1. The Hall–Kier alpha value is -2.24. The SMILES string of the molecule is O=C(NCCOc1ccc(Cl)cc1)c1cccn1Cc1cccs1. The minimum absolute atomic E-state index is 0.101. The standard InChI is InChI=1S/C18H17ClN2O2S/c19-14-5-7-15(8-6-14)23-11-9-20-18(22)17-4-1-10-21(17)13-16-3-2-12-24-16/h1-8,10,12H,9,11,13H2,(H,20,22). The van der Waals surface area contributed by atoms with E-state index in [1.165, 1.54) is 4.88 Å². The van der Waals surface area contributed by atoms with Gasteiger partial charge in [-0.3, -0.25) is 4.79 Å². The molecular formula is C18H17ClN2O2S. The van der Waals surface area contributed by atoms with Crippen molar-refractivity contribution in [2.45, 2.75) is 6.54 Å². The summed E-state index contributed by atoms with van der Waals surface area (Å²) in [7, 11) is 0. The van der Waals surface area contributed by atoms with Crippen molar-refractivity contribution < 1.29 is 9.53 Å². The fraction of sp³-hybridized carbons (Fsp3) is 0.167. The smallest absolute Gasteiger partial charge is 0.268 e. The number of thiophene rings is 1. The van der Waals surface area contributed by atoms with Crippen molar-refractivity contribution in [3.05, 3.63) is 75.7 Å². The number of benzene rings is 1. The van der Waals surface area contributed by atoms with Crippen LogP contribution >= 0.6 is 22.9 Å². The second-order valence-electron chi connectivity index (χ2n) is 5.16. The Morgan fingerprint density at radius 2 is 2.00 bits per heavy atom. The lowest BCUT2D eigenvalue weighted by molar-refractivity contribution is 0.0938. The largest absolute Gasteiger partial charge is 0.492 e. The third kappa shape index (κ3) is 4.40. The first-order chi connectivity index (χ1) is 11.7. The van der Waals surface area contributed by atoms with E-state index in [4.69, 9.17) is 16.3 Å². The molecule has 2 aromatic heterocycles. The zero-order valence-corrected chi connectivity index (χ0v) is 14.5. The van der Waals surface area contributed by atoms with Crippen LogP contribution in [0.25, 0.3) is 0 Å². The molecule has 1 amide bonds. The van der Waals surface area contributed by atoms with Crippen molar-refractivity contribution in [2.24, 2.45) is 0 Å². The molecule has 0 bridgehead atoms. The second-order valence-corrected chi connectivity index (χ2v) is 6.63. The highest BCUT2D eigenvalue weighted by molar-refractivity contribution is 7.09. The van der Waals surface area contributed by atoms with Gasteiger partial charge in [0.2, 0.25) is 0 Å². The van der Waals surface area contributed by atoms with Gasteiger partial charge < -0.3 is 14.6 Å². The van der Waals surface area contributed by atoms with Gasteiger partial charge in [-0.25, -0.2) is 0 Å². The summed E-state index contributed by atoms with van der Waals surface area (Å²) in [5, 5.41) is 5.58. The number of hydrogen-bond acceptors (Lipinski definition) is 3. The zero-order chi connectivity index (χ0) is 16.8.